The molecule has 2 nitrogen and oxygen atoms in total. The van der Waals surface area contributed by atoms with Crippen molar-refractivity contribution in [3.63, 3.8) is 0 Å². The van der Waals surface area contributed by atoms with E-state index in [1.165, 1.54) is 11.1 Å². The molecule has 17 heavy (non-hydrogen) atoms. The second kappa shape index (κ2) is 6.18. The molecule has 1 N–H and O–H groups in total. The highest BCUT2D eigenvalue weighted by Gasteiger charge is 2.15. The number of hydrogen-bond donors (Lipinski definition) is 1. The largest absolute Gasteiger partial charge is 0.372 e. The Bertz CT molecular complexity index is 341. The molecule has 1 aromatic carbocycles. The molecule has 0 saturated heterocycles. The molecule has 0 saturated carbocycles. The number of benzene rings is 1. The molecular weight excluding hydrogens is 210 g/mol. The topological polar surface area (TPSA) is 21.3 Å². The van der Waals surface area contributed by atoms with Crippen LogP contribution in [0, 0.1) is 6.92 Å². The van der Waals surface area contributed by atoms with Gasteiger partial charge in [-0.05, 0) is 40.2 Å². The van der Waals surface area contributed by atoms with E-state index < -0.39 is 0 Å². The summed E-state index contributed by atoms with van der Waals surface area (Å²) in [6, 6.07) is 8.54. The van der Waals surface area contributed by atoms with Crippen LogP contribution in [0.4, 0.5) is 0 Å². The minimum atomic E-state index is 0.124. The minimum absolute atomic E-state index is 0.124. The van der Waals surface area contributed by atoms with Crippen LogP contribution < -0.4 is 5.32 Å². The zero-order chi connectivity index (χ0) is 12.9. The van der Waals surface area contributed by atoms with Crippen LogP contribution in [-0.2, 0) is 4.74 Å². The van der Waals surface area contributed by atoms with Gasteiger partial charge in [0.2, 0.25) is 0 Å². The summed E-state index contributed by atoms with van der Waals surface area (Å²) in [4.78, 5) is 0. The van der Waals surface area contributed by atoms with Gasteiger partial charge in [0, 0.05) is 18.7 Å². The summed E-state index contributed by atoms with van der Waals surface area (Å²) in [5, 5.41) is 3.50. The van der Waals surface area contributed by atoms with Gasteiger partial charge in [-0.25, -0.2) is 0 Å². The predicted octanol–water partition coefficient (Wildman–Crippen LogP) is 3.46. The minimum Gasteiger partial charge on any atom is -0.372 e. The van der Waals surface area contributed by atoms with E-state index in [4.69, 9.17) is 4.74 Å². The third kappa shape index (κ3) is 5.33. The second-order valence-corrected chi connectivity index (χ2v) is 5.49. The van der Waals surface area contributed by atoms with Crippen molar-refractivity contribution in [2.24, 2.45) is 0 Å². The first-order chi connectivity index (χ1) is 7.92. The average Bonchev–Trinajstić information content (AvgIpc) is 2.23. The van der Waals surface area contributed by atoms with Crippen LogP contribution in [0.5, 0.6) is 0 Å². The molecule has 0 aliphatic rings. The third-order valence-corrected chi connectivity index (χ3v) is 2.60. The molecule has 1 atom stereocenters. The lowest BCUT2D eigenvalue weighted by atomic mass is 10.0. The number of ether oxygens (including phenoxy) is 1. The summed E-state index contributed by atoms with van der Waals surface area (Å²) in [5.41, 5.74) is 2.66. The van der Waals surface area contributed by atoms with Gasteiger partial charge in [0.1, 0.15) is 0 Å². The highest BCUT2D eigenvalue weighted by Crippen LogP contribution is 2.18. The van der Waals surface area contributed by atoms with Crippen LogP contribution in [-0.4, -0.2) is 18.7 Å². The Morgan fingerprint density at radius 1 is 1.29 bits per heavy atom. The van der Waals surface area contributed by atoms with Gasteiger partial charge >= 0.3 is 0 Å². The summed E-state index contributed by atoms with van der Waals surface area (Å²) < 4.78 is 5.82. The summed E-state index contributed by atoms with van der Waals surface area (Å²) in [7, 11) is 0. The Hall–Kier alpha value is -0.860. The molecule has 0 fully saturated rings. The van der Waals surface area contributed by atoms with Gasteiger partial charge in [0.15, 0.2) is 0 Å². The van der Waals surface area contributed by atoms with Crippen molar-refractivity contribution in [2.45, 2.75) is 46.3 Å². The van der Waals surface area contributed by atoms with E-state index in [0.29, 0.717) is 0 Å². The van der Waals surface area contributed by atoms with Gasteiger partial charge in [-0.2, -0.15) is 0 Å². The van der Waals surface area contributed by atoms with Gasteiger partial charge in [-0.3, -0.25) is 0 Å². The van der Waals surface area contributed by atoms with Crippen molar-refractivity contribution in [3.8, 4) is 0 Å². The molecule has 0 heterocycles. The maximum Gasteiger partial charge on any atom is 0.0949 e. The molecular formula is C15H25NO. The molecule has 0 aromatic heterocycles. The highest BCUT2D eigenvalue weighted by molar-refractivity contribution is 5.24. The van der Waals surface area contributed by atoms with Crippen molar-refractivity contribution in [2.75, 3.05) is 13.2 Å². The maximum atomic E-state index is 5.82. The molecule has 2 heteroatoms. The van der Waals surface area contributed by atoms with E-state index in [1.807, 2.05) is 6.92 Å². The van der Waals surface area contributed by atoms with Gasteiger partial charge in [-0.15, -0.1) is 0 Å². The first-order valence-corrected chi connectivity index (χ1v) is 6.35. The van der Waals surface area contributed by atoms with Crippen molar-refractivity contribution < 1.29 is 4.74 Å². The highest BCUT2D eigenvalue weighted by atomic mass is 16.5. The first kappa shape index (κ1) is 14.2. The average molecular weight is 235 g/mol. The Balaban J connectivity index is 2.71. The van der Waals surface area contributed by atoms with E-state index in [-0.39, 0.29) is 11.6 Å². The first-order valence-electron chi connectivity index (χ1n) is 6.35. The van der Waals surface area contributed by atoms with Gasteiger partial charge in [0.25, 0.3) is 0 Å². The number of aryl methyl sites for hydroxylation is 1. The Morgan fingerprint density at radius 3 is 2.53 bits per heavy atom. The van der Waals surface area contributed by atoms with Crippen LogP contribution in [0.3, 0.4) is 0 Å². The number of nitrogens with one attached hydrogen (secondary N) is 1. The maximum absolute atomic E-state index is 5.82. The fourth-order valence-corrected chi connectivity index (χ4v) is 1.74. The molecule has 0 spiro atoms. The number of hydrogen-bond acceptors (Lipinski definition) is 2. The van der Waals surface area contributed by atoms with Crippen LogP contribution in [0.15, 0.2) is 24.3 Å². The van der Waals surface area contributed by atoms with Crippen molar-refractivity contribution in [3.05, 3.63) is 35.4 Å². The molecule has 96 valence electrons. The number of rotatable bonds is 5. The molecule has 0 radical (unpaired) electrons. The van der Waals surface area contributed by atoms with Gasteiger partial charge in [-0.1, -0.05) is 29.8 Å². The molecule has 1 unspecified atom stereocenters. The van der Waals surface area contributed by atoms with Crippen molar-refractivity contribution in [1.29, 1.82) is 0 Å². The zero-order valence-electron chi connectivity index (χ0n) is 11.7. The summed E-state index contributed by atoms with van der Waals surface area (Å²) in [6.07, 6.45) is 0.138. The molecule has 0 aliphatic heterocycles. The van der Waals surface area contributed by atoms with E-state index in [2.05, 4.69) is 57.3 Å². The van der Waals surface area contributed by atoms with Crippen molar-refractivity contribution >= 4 is 0 Å². The molecule has 0 bridgehead atoms. The van der Waals surface area contributed by atoms with E-state index in [0.717, 1.165) is 13.2 Å². The van der Waals surface area contributed by atoms with Crippen molar-refractivity contribution in [1.82, 2.24) is 5.32 Å². The standard InChI is InChI=1S/C15H25NO/c1-6-17-14(11-16-15(3,4)5)13-9-7-8-12(2)10-13/h7-10,14,16H,6,11H2,1-5H3. The Kier molecular flexibility index (Phi) is 5.16. The quantitative estimate of drug-likeness (QED) is 0.844. The monoisotopic (exact) mass is 235 g/mol. The lowest BCUT2D eigenvalue weighted by molar-refractivity contribution is 0.0576. The van der Waals surface area contributed by atoms with E-state index >= 15 is 0 Å². The predicted molar refractivity (Wildman–Crippen MR) is 73.3 cm³/mol. The molecule has 0 aliphatic carbocycles. The molecule has 1 rings (SSSR count). The Morgan fingerprint density at radius 2 is 2.00 bits per heavy atom. The van der Waals surface area contributed by atoms with Crippen LogP contribution >= 0.6 is 0 Å². The summed E-state index contributed by atoms with van der Waals surface area (Å²) >= 11 is 0. The van der Waals surface area contributed by atoms with Gasteiger partial charge in [0.05, 0.1) is 6.10 Å². The van der Waals surface area contributed by atoms with Crippen LogP contribution in [0.1, 0.15) is 44.9 Å². The Labute approximate surface area is 105 Å². The van der Waals surface area contributed by atoms with Crippen LogP contribution in [0.25, 0.3) is 0 Å². The lowest BCUT2D eigenvalue weighted by Gasteiger charge is -2.25. The van der Waals surface area contributed by atoms with Crippen LogP contribution in [0.2, 0.25) is 0 Å². The van der Waals surface area contributed by atoms with E-state index in [1.54, 1.807) is 0 Å². The van der Waals surface area contributed by atoms with Gasteiger partial charge < -0.3 is 10.1 Å². The van der Waals surface area contributed by atoms with E-state index in [9.17, 15) is 0 Å². The SMILES string of the molecule is CCOC(CNC(C)(C)C)c1cccc(C)c1. The fraction of sp³-hybridized carbons (Fsp3) is 0.600. The normalized spacial score (nSPS) is 13.7. The summed E-state index contributed by atoms with van der Waals surface area (Å²) in [6.45, 7) is 12.3. The smallest absolute Gasteiger partial charge is 0.0949 e. The second-order valence-electron chi connectivity index (χ2n) is 5.49. The third-order valence-electron chi connectivity index (χ3n) is 2.60. The lowest BCUT2D eigenvalue weighted by Crippen LogP contribution is -2.39. The molecule has 0 amide bonds. The summed E-state index contributed by atoms with van der Waals surface area (Å²) in [5.74, 6) is 0. The zero-order valence-corrected chi connectivity index (χ0v) is 11.7. The fourth-order valence-electron chi connectivity index (χ4n) is 1.74. The molecule has 1 aromatic rings.